The fraction of sp³-hybridized carbons (Fsp3) is 0.571. The predicted octanol–water partition coefficient (Wildman–Crippen LogP) is 2.65. The van der Waals surface area contributed by atoms with E-state index in [4.69, 9.17) is 0 Å². The van der Waals surface area contributed by atoms with E-state index in [0.29, 0.717) is 6.04 Å². The summed E-state index contributed by atoms with van der Waals surface area (Å²) in [5.74, 6) is -0.154. The molecule has 0 bridgehead atoms. The number of rotatable bonds is 7. The second kappa shape index (κ2) is 7.41. The lowest BCUT2D eigenvalue weighted by Crippen LogP contribution is -2.29. The Balaban J connectivity index is 2.39. The summed E-state index contributed by atoms with van der Waals surface area (Å²) in [6.07, 6.45) is 2.33. The van der Waals surface area contributed by atoms with Crippen molar-refractivity contribution in [3.8, 4) is 0 Å². The van der Waals surface area contributed by atoms with E-state index in [1.54, 1.807) is 12.1 Å². The first kappa shape index (κ1) is 14.1. The zero-order chi connectivity index (χ0) is 12.7. The van der Waals surface area contributed by atoms with Crippen molar-refractivity contribution in [2.75, 3.05) is 20.6 Å². The van der Waals surface area contributed by atoms with Crippen molar-refractivity contribution >= 4 is 0 Å². The molecule has 0 aliphatic heterocycles. The third-order valence-corrected chi connectivity index (χ3v) is 3.12. The van der Waals surface area contributed by atoms with Gasteiger partial charge in [0.25, 0.3) is 0 Å². The number of benzene rings is 1. The zero-order valence-corrected chi connectivity index (χ0v) is 11.0. The van der Waals surface area contributed by atoms with Gasteiger partial charge in [-0.15, -0.1) is 0 Å². The van der Waals surface area contributed by atoms with Crippen LogP contribution in [0.4, 0.5) is 4.39 Å². The van der Waals surface area contributed by atoms with Gasteiger partial charge in [0.15, 0.2) is 0 Å². The van der Waals surface area contributed by atoms with Gasteiger partial charge in [0.2, 0.25) is 0 Å². The van der Waals surface area contributed by atoms with Gasteiger partial charge in [0.1, 0.15) is 5.82 Å². The Bertz CT molecular complexity index is 328. The molecule has 1 aromatic carbocycles. The first-order valence-electron chi connectivity index (χ1n) is 6.22. The first-order chi connectivity index (χ1) is 8.13. The van der Waals surface area contributed by atoms with Crippen molar-refractivity contribution in [2.24, 2.45) is 0 Å². The molecule has 0 aliphatic rings. The number of hydrogen-bond acceptors (Lipinski definition) is 2. The van der Waals surface area contributed by atoms with Gasteiger partial charge in [-0.3, -0.25) is 4.90 Å². The summed E-state index contributed by atoms with van der Waals surface area (Å²) in [4.78, 5) is 2.27. The van der Waals surface area contributed by atoms with Gasteiger partial charge in [-0.05, 0) is 58.1 Å². The topological polar surface area (TPSA) is 15.3 Å². The molecule has 0 radical (unpaired) electrons. The molecule has 1 unspecified atom stereocenters. The summed E-state index contributed by atoms with van der Waals surface area (Å²) in [6, 6.07) is 7.35. The summed E-state index contributed by atoms with van der Waals surface area (Å²) < 4.78 is 13.0. The number of nitrogens with zero attached hydrogens (tertiary/aromatic N) is 1. The lowest BCUT2D eigenvalue weighted by molar-refractivity contribution is 0.234. The van der Waals surface area contributed by atoms with E-state index in [1.165, 1.54) is 12.5 Å². The molecule has 0 aliphatic carbocycles. The van der Waals surface area contributed by atoms with Crippen molar-refractivity contribution < 1.29 is 4.39 Å². The molecule has 0 saturated carbocycles. The normalized spacial score (nSPS) is 13.0. The molecule has 96 valence electrons. The second-order valence-corrected chi connectivity index (χ2v) is 4.64. The Morgan fingerprint density at radius 1 is 1.41 bits per heavy atom. The molecule has 2 nitrogen and oxygen atoms in total. The third-order valence-electron chi connectivity index (χ3n) is 3.12. The number of halogens is 1. The Kier molecular flexibility index (Phi) is 6.16. The van der Waals surface area contributed by atoms with Crippen LogP contribution in [0.25, 0.3) is 0 Å². The maximum absolute atomic E-state index is 13.0. The van der Waals surface area contributed by atoms with Gasteiger partial charge < -0.3 is 5.32 Å². The summed E-state index contributed by atoms with van der Waals surface area (Å²) >= 11 is 0. The van der Waals surface area contributed by atoms with Crippen molar-refractivity contribution in [1.29, 1.82) is 0 Å². The summed E-state index contributed by atoms with van der Waals surface area (Å²) in [5.41, 5.74) is 1.04. The minimum Gasteiger partial charge on any atom is -0.320 e. The summed E-state index contributed by atoms with van der Waals surface area (Å²) in [5, 5.41) is 3.15. The van der Waals surface area contributed by atoms with Crippen LogP contribution in [-0.2, 0) is 6.54 Å². The minimum absolute atomic E-state index is 0.154. The van der Waals surface area contributed by atoms with Crippen LogP contribution in [0.15, 0.2) is 24.3 Å². The second-order valence-electron chi connectivity index (χ2n) is 4.64. The summed E-state index contributed by atoms with van der Waals surface area (Å²) in [7, 11) is 4.07. The maximum Gasteiger partial charge on any atom is 0.123 e. The zero-order valence-electron chi connectivity index (χ0n) is 11.0. The monoisotopic (exact) mass is 238 g/mol. The Hall–Kier alpha value is -0.930. The molecule has 17 heavy (non-hydrogen) atoms. The predicted molar refractivity (Wildman–Crippen MR) is 70.5 cm³/mol. The van der Waals surface area contributed by atoms with Crippen molar-refractivity contribution in [1.82, 2.24) is 10.2 Å². The van der Waals surface area contributed by atoms with E-state index >= 15 is 0 Å². The highest BCUT2D eigenvalue weighted by Gasteiger charge is 2.09. The van der Waals surface area contributed by atoms with E-state index in [1.807, 2.05) is 13.1 Å². The number of hydrogen-bond donors (Lipinski definition) is 1. The average Bonchev–Trinajstić information content (AvgIpc) is 2.29. The van der Waals surface area contributed by atoms with Gasteiger partial charge in [-0.2, -0.15) is 0 Å². The fourth-order valence-electron chi connectivity index (χ4n) is 1.87. The van der Waals surface area contributed by atoms with Gasteiger partial charge in [0.05, 0.1) is 0 Å². The van der Waals surface area contributed by atoms with Crippen LogP contribution < -0.4 is 5.32 Å². The summed E-state index contributed by atoms with van der Waals surface area (Å²) in [6.45, 7) is 4.07. The average molecular weight is 238 g/mol. The Labute approximate surface area is 104 Å². The molecule has 0 spiro atoms. The fourth-order valence-corrected chi connectivity index (χ4v) is 1.87. The molecular formula is C14H23FN2. The van der Waals surface area contributed by atoms with Gasteiger partial charge >= 0.3 is 0 Å². The molecule has 0 fully saturated rings. The largest absolute Gasteiger partial charge is 0.320 e. The van der Waals surface area contributed by atoms with Crippen LogP contribution in [-0.4, -0.2) is 31.6 Å². The van der Waals surface area contributed by atoms with Gasteiger partial charge in [-0.1, -0.05) is 12.1 Å². The number of nitrogens with one attached hydrogen (secondary N) is 1. The SMILES string of the molecule is CNCCCC(C)N(C)Cc1cccc(F)c1. The van der Waals surface area contributed by atoms with Crippen molar-refractivity contribution in [3.05, 3.63) is 35.6 Å². The van der Waals surface area contributed by atoms with Crippen molar-refractivity contribution in [2.45, 2.75) is 32.4 Å². The van der Waals surface area contributed by atoms with Crippen LogP contribution >= 0.6 is 0 Å². The lowest BCUT2D eigenvalue weighted by atomic mass is 10.1. The molecule has 1 N–H and O–H groups in total. The smallest absolute Gasteiger partial charge is 0.123 e. The third kappa shape index (κ3) is 5.29. The first-order valence-corrected chi connectivity index (χ1v) is 6.22. The molecule has 0 saturated heterocycles. The van der Waals surface area contributed by atoms with E-state index in [-0.39, 0.29) is 5.82 Å². The van der Waals surface area contributed by atoms with E-state index < -0.39 is 0 Å². The molecule has 0 heterocycles. The van der Waals surface area contributed by atoms with E-state index in [9.17, 15) is 4.39 Å². The highest BCUT2D eigenvalue weighted by molar-refractivity contribution is 5.16. The van der Waals surface area contributed by atoms with Crippen molar-refractivity contribution in [3.63, 3.8) is 0 Å². The maximum atomic E-state index is 13.0. The lowest BCUT2D eigenvalue weighted by Gasteiger charge is -2.24. The Morgan fingerprint density at radius 3 is 2.82 bits per heavy atom. The molecule has 0 aromatic heterocycles. The van der Waals surface area contributed by atoms with Crippen LogP contribution in [0.5, 0.6) is 0 Å². The quantitative estimate of drug-likeness (QED) is 0.735. The molecule has 0 amide bonds. The molecule has 1 atom stereocenters. The molecule has 3 heteroatoms. The highest BCUT2D eigenvalue weighted by Crippen LogP contribution is 2.11. The van der Waals surface area contributed by atoms with E-state index in [2.05, 4.69) is 24.2 Å². The molecule has 1 aromatic rings. The Morgan fingerprint density at radius 2 is 2.18 bits per heavy atom. The standard InChI is InChI=1S/C14H23FN2/c1-12(6-5-9-16-2)17(3)11-13-7-4-8-14(15)10-13/h4,7-8,10,12,16H,5-6,9,11H2,1-3H3. The molecule has 1 rings (SSSR count). The van der Waals surface area contributed by atoms with Crippen LogP contribution in [0.2, 0.25) is 0 Å². The van der Waals surface area contributed by atoms with Crippen LogP contribution in [0.1, 0.15) is 25.3 Å². The minimum atomic E-state index is -0.154. The van der Waals surface area contributed by atoms with Gasteiger partial charge in [-0.25, -0.2) is 4.39 Å². The van der Waals surface area contributed by atoms with E-state index in [0.717, 1.165) is 25.1 Å². The van der Waals surface area contributed by atoms with Crippen LogP contribution in [0, 0.1) is 5.82 Å². The highest BCUT2D eigenvalue weighted by atomic mass is 19.1. The van der Waals surface area contributed by atoms with Gasteiger partial charge in [0, 0.05) is 12.6 Å². The van der Waals surface area contributed by atoms with Crippen LogP contribution in [0.3, 0.4) is 0 Å². The molecular weight excluding hydrogens is 215 g/mol.